The van der Waals surface area contributed by atoms with E-state index in [9.17, 15) is 0 Å². The highest BCUT2D eigenvalue weighted by atomic mass is 15.2. The van der Waals surface area contributed by atoms with Crippen molar-refractivity contribution in [3.63, 3.8) is 0 Å². The van der Waals surface area contributed by atoms with E-state index >= 15 is 0 Å². The number of hydrogen-bond acceptors (Lipinski definition) is 4. The maximum Gasteiger partial charge on any atom is 0.147 e. The number of rotatable bonds is 4. The Morgan fingerprint density at radius 3 is 2.55 bits per heavy atom. The molecule has 0 spiro atoms. The van der Waals surface area contributed by atoms with Gasteiger partial charge in [-0.25, -0.2) is 4.98 Å². The molecule has 0 aliphatic heterocycles. The van der Waals surface area contributed by atoms with Gasteiger partial charge in [-0.05, 0) is 45.4 Å². The fourth-order valence-electron chi connectivity index (χ4n) is 2.08. The number of nitrogens with two attached hydrogens (primary N) is 1. The molecule has 1 aromatic heterocycles. The molecule has 1 heterocycles. The van der Waals surface area contributed by atoms with Gasteiger partial charge in [0.05, 0.1) is 17.6 Å². The van der Waals surface area contributed by atoms with E-state index in [1.807, 2.05) is 38.2 Å². The van der Waals surface area contributed by atoms with E-state index in [-0.39, 0.29) is 0 Å². The highest BCUT2D eigenvalue weighted by Crippen LogP contribution is 2.19. The topological polar surface area (TPSA) is 55.0 Å². The zero-order valence-corrected chi connectivity index (χ0v) is 12.6. The first kappa shape index (κ1) is 14.3. The van der Waals surface area contributed by atoms with Gasteiger partial charge in [0.1, 0.15) is 5.82 Å². The predicted octanol–water partition coefficient (Wildman–Crippen LogP) is 3.09. The van der Waals surface area contributed by atoms with E-state index in [2.05, 4.69) is 34.8 Å². The Balaban J connectivity index is 2.29. The standard InChI is InChI=1S/C16H22N4/c1-11(2)20(10-14-6-5-7-15(17)8-14)16-9-18-12(3)13(4)19-16/h5-9,11H,10,17H2,1-4H3. The average molecular weight is 270 g/mol. The van der Waals surface area contributed by atoms with Crippen molar-refractivity contribution < 1.29 is 0 Å². The molecule has 0 aliphatic rings. The minimum Gasteiger partial charge on any atom is -0.399 e. The average Bonchev–Trinajstić information content (AvgIpc) is 2.39. The van der Waals surface area contributed by atoms with Gasteiger partial charge >= 0.3 is 0 Å². The molecule has 1 aromatic carbocycles. The van der Waals surface area contributed by atoms with Crippen LogP contribution in [0.1, 0.15) is 30.8 Å². The van der Waals surface area contributed by atoms with Crippen LogP contribution in [0, 0.1) is 13.8 Å². The lowest BCUT2D eigenvalue weighted by atomic mass is 10.1. The van der Waals surface area contributed by atoms with Gasteiger partial charge in [-0.15, -0.1) is 0 Å². The maximum atomic E-state index is 5.85. The number of anilines is 2. The molecule has 0 aliphatic carbocycles. The normalized spacial score (nSPS) is 10.8. The van der Waals surface area contributed by atoms with Gasteiger partial charge in [-0.1, -0.05) is 12.1 Å². The second kappa shape index (κ2) is 5.90. The summed E-state index contributed by atoms with van der Waals surface area (Å²) in [5.74, 6) is 0.908. The second-order valence-corrected chi connectivity index (χ2v) is 5.37. The summed E-state index contributed by atoms with van der Waals surface area (Å²) >= 11 is 0. The van der Waals surface area contributed by atoms with E-state index in [0.29, 0.717) is 6.04 Å². The molecule has 0 radical (unpaired) electrons. The number of nitrogen functional groups attached to an aromatic ring is 1. The number of aromatic nitrogens is 2. The van der Waals surface area contributed by atoms with Gasteiger partial charge in [0.15, 0.2) is 0 Å². The van der Waals surface area contributed by atoms with Gasteiger partial charge in [0.25, 0.3) is 0 Å². The van der Waals surface area contributed by atoms with Crippen LogP contribution in [0.4, 0.5) is 11.5 Å². The summed E-state index contributed by atoms with van der Waals surface area (Å²) in [5, 5.41) is 0. The van der Waals surface area contributed by atoms with E-state index in [1.54, 1.807) is 0 Å². The number of hydrogen-bond donors (Lipinski definition) is 1. The van der Waals surface area contributed by atoms with Crippen molar-refractivity contribution in [1.29, 1.82) is 0 Å². The second-order valence-electron chi connectivity index (χ2n) is 5.37. The molecule has 2 N–H and O–H groups in total. The van der Waals surface area contributed by atoms with E-state index in [4.69, 9.17) is 5.73 Å². The first-order valence-electron chi connectivity index (χ1n) is 6.88. The molecule has 0 unspecified atom stereocenters. The number of aryl methyl sites for hydroxylation is 2. The molecule has 106 valence electrons. The monoisotopic (exact) mass is 270 g/mol. The smallest absolute Gasteiger partial charge is 0.147 e. The van der Waals surface area contributed by atoms with Gasteiger partial charge in [0, 0.05) is 18.3 Å². The third-order valence-corrected chi connectivity index (χ3v) is 3.40. The van der Waals surface area contributed by atoms with Crippen LogP contribution in [-0.2, 0) is 6.54 Å². The van der Waals surface area contributed by atoms with Crippen LogP contribution >= 0.6 is 0 Å². The summed E-state index contributed by atoms with van der Waals surface area (Å²) in [7, 11) is 0. The summed E-state index contributed by atoms with van der Waals surface area (Å²) in [4.78, 5) is 11.3. The molecular weight excluding hydrogens is 248 g/mol. The number of nitrogens with zero attached hydrogens (tertiary/aromatic N) is 3. The van der Waals surface area contributed by atoms with Crippen LogP contribution in [0.3, 0.4) is 0 Å². The molecule has 4 nitrogen and oxygen atoms in total. The Kier molecular flexibility index (Phi) is 4.23. The van der Waals surface area contributed by atoms with Crippen molar-refractivity contribution in [2.24, 2.45) is 0 Å². The van der Waals surface area contributed by atoms with Crippen LogP contribution in [0.2, 0.25) is 0 Å². The zero-order valence-electron chi connectivity index (χ0n) is 12.6. The Morgan fingerprint density at radius 1 is 1.20 bits per heavy atom. The van der Waals surface area contributed by atoms with Crippen molar-refractivity contribution in [1.82, 2.24) is 9.97 Å². The lowest BCUT2D eigenvalue weighted by molar-refractivity contribution is 0.668. The Labute approximate surface area is 120 Å². The molecular formula is C16H22N4. The summed E-state index contributed by atoms with van der Waals surface area (Å²) in [6, 6.07) is 8.31. The number of benzene rings is 1. The van der Waals surface area contributed by atoms with Gasteiger partial charge in [-0.2, -0.15) is 0 Å². The van der Waals surface area contributed by atoms with E-state index in [1.165, 1.54) is 5.56 Å². The van der Waals surface area contributed by atoms with Gasteiger partial charge < -0.3 is 10.6 Å². The zero-order chi connectivity index (χ0) is 14.7. The van der Waals surface area contributed by atoms with Gasteiger partial charge in [0.2, 0.25) is 0 Å². The molecule has 0 saturated heterocycles. The minimum absolute atomic E-state index is 0.341. The Morgan fingerprint density at radius 2 is 1.95 bits per heavy atom. The molecule has 0 saturated carbocycles. The van der Waals surface area contributed by atoms with Crippen molar-refractivity contribution in [3.05, 3.63) is 47.4 Å². The van der Waals surface area contributed by atoms with Crippen LogP contribution in [-0.4, -0.2) is 16.0 Å². The SMILES string of the molecule is Cc1ncc(N(Cc2cccc(N)c2)C(C)C)nc1C. The summed E-state index contributed by atoms with van der Waals surface area (Å²) in [6.45, 7) is 9.06. The highest BCUT2D eigenvalue weighted by Gasteiger charge is 2.14. The van der Waals surface area contributed by atoms with E-state index < -0.39 is 0 Å². The third kappa shape index (κ3) is 3.26. The van der Waals surface area contributed by atoms with Crippen LogP contribution in [0.5, 0.6) is 0 Å². The van der Waals surface area contributed by atoms with Crippen molar-refractivity contribution in [2.75, 3.05) is 10.6 Å². The quantitative estimate of drug-likeness (QED) is 0.867. The third-order valence-electron chi connectivity index (χ3n) is 3.40. The molecule has 0 amide bonds. The lowest BCUT2D eigenvalue weighted by Gasteiger charge is -2.28. The molecule has 2 rings (SSSR count). The molecule has 4 heteroatoms. The van der Waals surface area contributed by atoms with Gasteiger partial charge in [-0.3, -0.25) is 4.98 Å². The molecule has 0 bridgehead atoms. The molecule has 0 atom stereocenters. The molecule has 2 aromatic rings. The first-order chi connectivity index (χ1) is 9.47. The molecule has 0 fully saturated rings. The van der Waals surface area contributed by atoms with Crippen LogP contribution in [0.25, 0.3) is 0 Å². The minimum atomic E-state index is 0.341. The molecule has 20 heavy (non-hydrogen) atoms. The summed E-state index contributed by atoms with van der Waals surface area (Å²) < 4.78 is 0. The van der Waals surface area contributed by atoms with Crippen LogP contribution < -0.4 is 10.6 Å². The van der Waals surface area contributed by atoms with Crippen LogP contribution in [0.15, 0.2) is 30.5 Å². The summed E-state index contributed by atoms with van der Waals surface area (Å²) in [6.07, 6.45) is 1.84. The predicted molar refractivity (Wildman–Crippen MR) is 83.7 cm³/mol. The fraction of sp³-hybridized carbons (Fsp3) is 0.375. The fourth-order valence-corrected chi connectivity index (χ4v) is 2.08. The van der Waals surface area contributed by atoms with Crippen molar-refractivity contribution in [2.45, 2.75) is 40.3 Å². The summed E-state index contributed by atoms with van der Waals surface area (Å²) in [5.41, 5.74) is 9.76. The van der Waals surface area contributed by atoms with Crippen molar-refractivity contribution >= 4 is 11.5 Å². The Bertz CT molecular complexity index is 593. The first-order valence-corrected chi connectivity index (χ1v) is 6.88. The highest BCUT2D eigenvalue weighted by molar-refractivity contribution is 5.44. The maximum absolute atomic E-state index is 5.85. The lowest BCUT2D eigenvalue weighted by Crippen LogP contribution is -2.31. The van der Waals surface area contributed by atoms with E-state index in [0.717, 1.165) is 29.4 Å². The largest absolute Gasteiger partial charge is 0.399 e. The van der Waals surface area contributed by atoms with Crippen molar-refractivity contribution in [3.8, 4) is 0 Å². The Hall–Kier alpha value is -2.10.